The quantitative estimate of drug-likeness (QED) is 0.482. The topological polar surface area (TPSA) is 65.3 Å². The van der Waals surface area contributed by atoms with Gasteiger partial charge < -0.3 is 4.74 Å². The van der Waals surface area contributed by atoms with E-state index in [1.807, 2.05) is 0 Å². The molecule has 0 bridgehead atoms. The molecule has 0 saturated heterocycles. The Bertz CT molecular complexity index is 475. The number of ether oxygens (including phenoxy) is 1. The minimum Gasteiger partial charge on any atom is -0.476 e. The Kier molecular flexibility index (Phi) is 3.67. The van der Waals surface area contributed by atoms with Crippen molar-refractivity contribution in [1.29, 1.82) is 0 Å². The summed E-state index contributed by atoms with van der Waals surface area (Å²) < 4.78 is 66.5. The van der Waals surface area contributed by atoms with E-state index < -0.39 is 40.3 Å². The van der Waals surface area contributed by atoms with Crippen molar-refractivity contribution in [3.63, 3.8) is 0 Å². The number of rotatable bonds is 3. The smallest absolute Gasteiger partial charge is 0.433 e. The summed E-state index contributed by atoms with van der Waals surface area (Å²) in [5.41, 5.74) is -4.52. The largest absolute Gasteiger partial charge is 0.476 e. The first-order chi connectivity index (χ1) is 8.18. The van der Waals surface area contributed by atoms with Crippen molar-refractivity contribution in [3.8, 4) is 5.88 Å². The van der Waals surface area contributed by atoms with Gasteiger partial charge in [0.1, 0.15) is 0 Å². The third-order valence-electron chi connectivity index (χ3n) is 1.89. The molecule has 0 fully saturated rings. The van der Waals surface area contributed by atoms with Gasteiger partial charge in [-0.05, 0) is 0 Å². The molecule has 0 aliphatic rings. The summed E-state index contributed by atoms with van der Waals surface area (Å²) in [6.45, 7) is 0. The molecule has 100 valence electrons. The highest BCUT2D eigenvalue weighted by Gasteiger charge is 2.40. The second-order valence-electron chi connectivity index (χ2n) is 3.01. The average molecular weight is 272 g/mol. The van der Waals surface area contributed by atoms with Crippen molar-refractivity contribution in [3.05, 3.63) is 27.4 Å². The van der Waals surface area contributed by atoms with E-state index >= 15 is 0 Å². The molecule has 1 rings (SSSR count). The van der Waals surface area contributed by atoms with E-state index in [1.165, 1.54) is 0 Å². The first-order valence-electron chi connectivity index (χ1n) is 4.27. The zero-order valence-electron chi connectivity index (χ0n) is 8.66. The minimum absolute atomic E-state index is 0.110. The average Bonchev–Trinajstić information content (AvgIpc) is 2.25. The van der Waals surface area contributed by atoms with E-state index in [4.69, 9.17) is 0 Å². The van der Waals surface area contributed by atoms with E-state index in [1.54, 1.807) is 0 Å². The number of methoxy groups -OCH3 is 1. The Balaban J connectivity index is 3.57. The van der Waals surface area contributed by atoms with E-state index in [9.17, 15) is 32.1 Å². The van der Waals surface area contributed by atoms with Crippen molar-refractivity contribution in [2.45, 2.75) is 12.6 Å². The van der Waals surface area contributed by atoms with Crippen molar-refractivity contribution >= 4 is 5.69 Å². The third-order valence-corrected chi connectivity index (χ3v) is 1.89. The van der Waals surface area contributed by atoms with Crippen LogP contribution in [0.15, 0.2) is 6.07 Å². The van der Waals surface area contributed by atoms with Gasteiger partial charge in [-0.1, -0.05) is 0 Å². The fourth-order valence-electron chi connectivity index (χ4n) is 1.18. The maximum atomic E-state index is 12.4. The summed E-state index contributed by atoms with van der Waals surface area (Å²) in [7, 11) is 0.845. The third kappa shape index (κ3) is 2.63. The van der Waals surface area contributed by atoms with E-state index in [0.29, 0.717) is 0 Å². The number of halogens is 5. The zero-order valence-corrected chi connectivity index (χ0v) is 8.66. The normalized spacial score (nSPS) is 11.7. The van der Waals surface area contributed by atoms with E-state index in [2.05, 4.69) is 9.72 Å². The molecule has 0 aromatic carbocycles. The van der Waals surface area contributed by atoms with Gasteiger partial charge in [0, 0.05) is 6.07 Å². The lowest BCUT2D eigenvalue weighted by Gasteiger charge is -2.12. The van der Waals surface area contributed by atoms with Crippen LogP contribution in [-0.4, -0.2) is 17.0 Å². The molecule has 1 aromatic rings. The van der Waals surface area contributed by atoms with Gasteiger partial charge in [0.15, 0.2) is 5.69 Å². The summed E-state index contributed by atoms with van der Waals surface area (Å²) in [5.74, 6) is -0.975. The maximum Gasteiger partial charge on any atom is 0.433 e. The summed E-state index contributed by atoms with van der Waals surface area (Å²) in [4.78, 5) is 12.1. The van der Waals surface area contributed by atoms with Gasteiger partial charge in [0.25, 0.3) is 12.3 Å². The molecule has 5 nitrogen and oxygen atoms in total. The van der Waals surface area contributed by atoms with Crippen LogP contribution in [0.5, 0.6) is 5.88 Å². The Morgan fingerprint density at radius 2 is 2.00 bits per heavy atom. The Hall–Kier alpha value is -2.00. The predicted octanol–water partition coefficient (Wildman–Crippen LogP) is 2.95. The molecule has 18 heavy (non-hydrogen) atoms. The molecule has 0 N–H and O–H groups in total. The Labute approximate surface area is 96.3 Å². The highest BCUT2D eigenvalue weighted by atomic mass is 19.4. The predicted molar refractivity (Wildman–Crippen MR) is 47.4 cm³/mol. The van der Waals surface area contributed by atoms with Crippen molar-refractivity contribution in [1.82, 2.24) is 4.98 Å². The Morgan fingerprint density at radius 3 is 2.33 bits per heavy atom. The molecular formula is C8H5F5N2O3. The SMILES string of the molecule is COc1nc(C(F)(F)F)c(C(F)F)cc1[N+](=O)[O-]. The van der Waals surface area contributed by atoms with Gasteiger partial charge in [0.05, 0.1) is 17.6 Å². The fraction of sp³-hybridized carbons (Fsp3) is 0.375. The second-order valence-corrected chi connectivity index (χ2v) is 3.01. The number of pyridine rings is 1. The van der Waals surface area contributed by atoms with E-state index in [0.717, 1.165) is 7.11 Å². The highest BCUT2D eigenvalue weighted by Crippen LogP contribution is 2.39. The Morgan fingerprint density at radius 1 is 1.44 bits per heavy atom. The first kappa shape index (κ1) is 14.1. The van der Waals surface area contributed by atoms with Gasteiger partial charge in [-0.15, -0.1) is 0 Å². The zero-order chi connectivity index (χ0) is 14.1. The van der Waals surface area contributed by atoms with Crippen LogP contribution in [0.2, 0.25) is 0 Å². The lowest BCUT2D eigenvalue weighted by molar-refractivity contribution is -0.386. The molecule has 0 atom stereocenters. The van der Waals surface area contributed by atoms with Gasteiger partial charge in [-0.25, -0.2) is 13.8 Å². The first-order valence-corrected chi connectivity index (χ1v) is 4.27. The van der Waals surface area contributed by atoms with Crippen molar-refractivity contribution < 1.29 is 31.6 Å². The highest BCUT2D eigenvalue weighted by molar-refractivity contribution is 5.46. The maximum absolute atomic E-state index is 12.4. The van der Waals surface area contributed by atoms with Gasteiger partial charge >= 0.3 is 11.9 Å². The fourth-order valence-corrected chi connectivity index (χ4v) is 1.18. The standard InChI is InChI=1S/C8H5F5N2O3/c1-18-7-4(15(16)17)2-3(6(9)10)5(14-7)8(11,12)13/h2,6H,1H3. The van der Waals surface area contributed by atoms with E-state index in [-0.39, 0.29) is 6.07 Å². The lowest BCUT2D eigenvalue weighted by atomic mass is 10.1. The van der Waals surface area contributed by atoms with Crippen molar-refractivity contribution in [2.75, 3.05) is 7.11 Å². The molecule has 10 heteroatoms. The van der Waals surface area contributed by atoms with Crippen LogP contribution in [0.4, 0.5) is 27.6 Å². The van der Waals surface area contributed by atoms with Gasteiger partial charge in [-0.2, -0.15) is 13.2 Å². The molecule has 0 radical (unpaired) electrons. The summed E-state index contributed by atoms with van der Waals surface area (Å²) in [5, 5.41) is 10.5. The number of hydrogen-bond donors (Lipinski definition) is 0. The molecule has 0 aliphatic heterocycles. The molecular weight excluding hydrogens is 267 g/mol. The number of hydrogen-bond acceptors (Lipinski definition) is 4. The molecule has 1 heterocycles. The van der Waals surface area contributed by atoms with Crippen LogP contribution < -0.4 is 4.74 Å². The summed E-state index contributed by atoms with van der Waals surface area (Å²) >= 11 is 0. The van der Waals surface area contributed by atoms with Crippen LogP contribution in [0.3, 0.4) is 0 Å². The second kappa shape index (κ2) is 4.70. The summed E-state index contributed by atoms with van der Waals surface area (Å²) in [6, 6.07) is 0.110. The summed E-state index contributed by atoms with van der Waals surface area (Å²) in [6.07, 6.45) is -8.70. The minimum atomic E-state index is -5.16. The van der Waals surface area contributed by atoms with Crippen LogP contribution in [0, 0.1) is 10.1 Å². The number of aromatic nitrogens is 1. The molecule has 1 aromatic heterocycles. The molecule has 0 amide bonds. The number of nitrogens with zero attached hydrogens (tertiary/aromatic N) is 2. The lowest BCUT2D eigenvalue weighted by Crippen LogP contribution is -2.14. The number of alkyl halides is 5. The monoisotopic (exact) mass is 272 g/mol. The van der Waals surface area contributed by atoms with Crippen LogP contribution >= 0.6 is 0 Å². The van der Waals surface area contributed by atoms with Gasteiger partial charge in [0.2, 0.25) is 0 Å². The molecule has 0 unspecified atom stereocenters. The van der Waals surface area contributed by atoms with Crippen LogP contribution in [0.25, 0.3) is 0 Å². The van der Waals surface area contributed by atoms with Gasteiger partial charge in [-0.3, -0.25) is 10.1 Å². The van der Waals surface area contributed by atoms with Crippen molar-refractivity contribution in [2.24, 2.45) is 0 Å². The molecule has 0 spiro atoms. The van der Waals surface area contributed by atoms with Crippen LogP contribution in [0.1, 0.15) is 17.7 Å². The molecule has 0 saturated carbocycles. The number of nitro groups is 1. The van der Waals surface area contributed by atoms with Crippen LogP contribution in [-0.2, 0) is 6.18 Å². The molecule has 0 aliphatic carbocycles.